The number of aromatic nitrogens is 3. The third-order valence-corrected chi connectivity index (χ3v) is 5.08. The van der Waals surface area contributed by atoms with Crippen LogP contribution in [0.4, 0.5) is 0 Å². The highest BCUT2D eigenvalue weighted by Gasteiger charge is 2.09. The van der Waals surface area contributed by atoms with Crippen molar-refractivity contribution >= 4 is 17.7 Å². The second-order valence-electron chi connectivity index (χ2n) is 6.24. The number of pyridine rings is 1. The zero-order valence-electron chi connectivity index (χ0n) is 15.8. The van der Waals surface area contributed by atoms with Crippen LogP contribution in [-0.4, -0.2) is 32.9 Å². The summed E-state index contributed by atoms with van der Waals surface area (Å²) < 4.78 is 6.65. The average Bonchev–Trinajstić information content (AvgIpc) is 2.67. The second kappa shape index (κ2) is 10.7. The highest BCUT2D eigenvalue weighted by molar-refractivity contribution is 7.99. The second-order valence-corrected chi connectivity index (χ2v) is 7.30. The lowest BCUT2D eigenvalue weighted by Crippen LogP contribution is -2.21. The Bertz CT molecular complexity index is 834. The molecule has 0 fully saturated rings. The van der Waals surface area contributed by atoms with E-state index in [0.717, 1.165) is 37.0 Å². The van der Waals surface area contributed by atoms with Gasteiger partial charge in [0.1, 0.15) is 0 Å². The van der Waals surface area contributed by atoms with Crippen molar-refractivity contribution in [2.45, 2.75) is 37.8 Å². The summed E-state index contributed by atoms with van der Waals surface area (Å²) in [6.45, 7) is 5.63. The van der Waals surface area contributed by atoms with Gasteiger partial charge in [-0.2, -0.15) is 0 Å². The molecule has 0 saturated carbocycles. The van der Waals surface area contributed by atoms with Crippen LogP contribution >= 0.6 is 11.8 Å². The fourth-order valence-electron chi connectivity index (χ4n) is 2.39. The Balaban J connectivity index is 1.74. The number of carbonyl (C=O) groups excluding carboxylic acids is 1. The van der Waals surface area contributed by atoms with E-state index in [0.29, 0.717) is 22.9 Å². The molecule has 2 aromatic rings. The van der Waals surface area contributed by atoms with Crippen molar-refractivity contribution in [3.8, 4) is 11.1 Å². The third kappa shape index (κ3) is 6.36. The Hall–Kier alpha value is -2.41. The lowest BCUT2D eigenvalue weighted by molar-refractivity contribution is -0.139. The quantitative estimate of drug-likeness (QED) is 0.204. The topological polar surface area (TPSA) is 74.1 Å². The van der Waals surface area contributed by atoms with Crippen molar-refractivity contribution in [2.24, 2.45) is 7.05 Å². The maximum absolute atomic E-state index is 12.5. The number of unbranched alkanes of at least 4 members (excludes halogenated alkanes) is 3. The first-order valence-corrected chi connectivity index (χ1v) is 9.91. The van der Waals surface area contributed by atoms with Crippen LogP contribution in [0.25, 0.3) is 11.1 Å². The van der Waals surface area contributed by atoms with E-state index >= 15 is 0 Å². The Kier molecular flexibility index (Phi) is 8.26. The maximum atomic E-state index is 12.5. The van der Waals surface area contributed by atoms with Crippen LogP contribution < -0.4 is 5.56 Å². The number of carbonyl (C=O) groups is 1. The van der Waals surface area contributed by atoms with Gasteiger partial charge in [-0.05, 0) is 25.8 Å². The molecule has 0 aromatic carbocycles. The molecule has 0 aliphatic carbocycles. The molecule has 0 aliphatic rings. The van der Waals surface area contributed by atoms with Crippen molar-refractivity contribution in [1.29, 1.82) is 0 Å². The zero-order chi connectivity index (χ0) is 19.6. The third-order valence-electron chi connectivity index (χ3n) is 3.95. The van der Waals surface area contributed by atoms with Gasteiger partial charge in [0.15, 0.2) is 5.16 Å². The van der Waals surface area contributed by atoms with Crippen LogP contribution in [0.1, 0.15) is 32.6 Å². The maximum Gasteiger partial charge on any atom is 0.333 e. The molecule has 0 spiro atoms. The predicted octanol–water partition coefficient (Wildman–Crippen LogP) is 3.61. The summed E-state index contributed by atoms with van der Waals surface area (Å²) in [7, 11) is 1.74. The van der Waals surface area contributed by atoms with E-state index < -0.39 is 0 Å². The average molecular weight is 388 g/mol. The van der Waals surface area contributed by atoms with Gasteiger partial charge in [-0.15, -0.1) is 0 Å². The highest BCUT2D eigenvalue weighted by atomic mass is 32.2. The Morgan fingerprint density at radius 3 is 2.74 bits per heavy atom. The van der Waals surface area contributed by atoms with E-state index in [1.165, 1.54) is 0 Å². The van der Waals surface area contributed by atoms with Crippen LogP contribution in [-0.2, 0) is 16.6 Å². The molecular weight excluding hydrogens is 362 g/mol. The van der Waals surface area contributed by atoms with Crippen LogP contribution in [0.15, 0.2) is 52.8 Å². The van der Waals surface area contributed by atoms with Gasteiger partial charge in [0.2, 0.25) is 0 Å². The number of esters is 1. The van der Waals surface area contributed by atoms with E-state index in [9.17, 15) is 9.59 Å². The summed E-state index contributed by atoms with van der Waals surface area (Å²) >= 11 is 1.58. The molecule has 0 unspecified atom stereocenters. The normalized spacial score (nSPS) is 10.6. The summed E-state index contributed by atoms with van der Waals surface area (Å²) in [6, 6.07) is 3.66. The Morgan fingerprint density at radius 2 is 2.04 bits per heavy atom. The minimum Gasteiger partial charge on any atom is -0.462 e. The SMILES string of the molecule is C=C(C)C(=O)OCCCCCCSc1ncc(-c2cccnc2)c(=O)n1C. The van der Waals surface area contributed by atoms with Gasteiger partial charge in [0.25, 0.3) is 5.56 Å². The van der Waals surface area contributed by atoms with Gasteiger partial charge in [0, 0.05) is 42.5 Å². The van der Waals surface area contributed by atoms with E-state index in [2.05, 4.69) is 16.5 Å². The molecular formula is C20H25N3O3S. The van der Waals surface area contributed by atoms with Crippen molar-refractivity contribution in [3.63, 3.8) is 0 Å². The molecule has 2 aromatic heterocycles. The van der Waals surface area contributed by atoms with Crippen molar-refractivity contribution in [3.05, 3.63) is 53.2 Å². The number of thioether (sulfide) groups is 1. The Labute approximate surface area is 163 Å². The van der Waals surface area contributed by atoms with E-state index in [-0.39, 0.29) is 11.5 Å². The molecule has 0 saturated heterocycles. The zero-order valence-corrected chi connectivity index (χ0v) is 16.6. The lowest BCUT2D eigenvalue weighted by atomic mass is 10.1. The van der Waals surface area contributed by atoms with E-state index in [1.807, 2.05) is 6.07 Å². The van der Waals surface area contributed by atoms with Crippen LogP contribution in [0.3, 0.4) is 0 Å². The first-order chi connectivity index (χ1) is 13.0. The number of hydrogen-bond donors (Lipinski definition) is 0. The van der Waals surface area contributed by atoms with Crippen molar-refractivity contribution in [1.82, 2.24) is 14.5 Å². The molecule has 27 heavy (non-hydrogen) atoms. The summed E-state index contributed by atoms with van der Waals surface area (Å²) in [5, 5.41) is 0.711. The first kappa shape index (κ1) is 20.9. The molecule has 0 aliphatic heterocycles. The summed E-state index contributed by atoms with van der Waals surface area (Å²) in [4.78, 5) is 32.3. The minimum absolute atomic E-state index is 0.0696. The highest BCUT2D eigenvalue weighted by Crippen LogP contribution is 2.19. The molecule has 0 amide bonds. The molecule has 2 heterocycles. The number of nitrogens with zero attached hydrogens (tertiary/aromatic N) is 3. The summed E-state index contributed by atoms with van der Waals surface area (Å²) in [6.07, 6.45) is 8.86. The fourth-order valence-corrected chi connectivity index (χ4v) is 3.33. The molecule has 7 heteroatoms. The molecule has 0 atom stereocenters. The van der Waals surface area contributed by atoms with Crippen LogP contribution in [0.5, 0.6) is 0 Å². The number of ether oxygens (including phenoxy) is 1. The largest absolute Gasteiger partial charge is 0.462 e. The van der Waals surface area contributed by atoms with Gasteiger partial charge in [-0.3, -0.25) is 14.3 Å². The lowest BCUT2D eigenvalue weighted by Gasteiger charge is -2.09. The van der Waals surface area contributed by atoms with Gasteiger partial charge in [0.05, 0.1) is 12.2 Å². The molecule has 6 nitrogen and oxygen atoms in total. The van der Waals surface area contributed by atoms with Crippen molar-refractivity contribution < 1.29 is 9.53 Å². The Morgan fingerprint density at radius 1 is 1.26 bits per heavy atom. The van der Waals surface area contributed by atoms with Gasteiger partial charge >= 0.3 is 5.97 Å². The minimum atomic E-state index is -0.327. The van der Waals surface area contributed by atoms with Gasteiger partial charge in [-0.25, -0.2) is 9.78 Å². The van der Waals surface area contributed by atoms with Gasteiger partial charge in [-0.1, -0.05) is 37.2 Å². The van der Waals surface area contributed by atoms with Crippen LogP contribution in [0.2, 0.25) is 0 Å². The van der Waals surface area contributed by atoms with E-state index in [1.54, 1.807) is 55.0 Å². The predicted molar refractivity (Wildman–Crippen MR) is 108 cm³/mol. The number of hydrogen-bond acceptors (Lipinski definition) is 6. The molecule has 0 bridgehead atoms. The monoisotopic (exact) mass is 387 g/mol. The van der Waals surface area contributed by atoms with Gasteiger partial charge < -0.3 is 4.74 Å². The van der Waals surface area contributed by atoms with Crippen molar-refractivity contribution in [2.75, 3.05) is 12.4 Å². The standard InChI is InChI=1S/C20H25N3O3S/c1-15(2)19(25)26-11-6-4-5-7-12-27-20-22-14-17(18(24)23(20)3)16-9-8-10-21-13-16/h8-10,13-14H,1,4-7,11-12H2,2-3H3. The first-order valence-electron chi connectivity index (χ1n) is 8.92. The van der Waals surface area contributed by atoms with E-state index in [4.69, 9.17) is 4.74 Å². The summed E-state index contributed by atoms with van der Waals surface area (Å²) in [5.41, 5.74) is 1.69. The molecule has 144 valence electrons. The summed E-state index contributed by atoms with van der Waals surface area (Å²) in [5.74, 6) is 0.560. The number of rotatable bonds is 10. The van der Waals surface area contributed by atoms with Crippen LogP contribution in [0, 0.1) is 0 Å². The molecule has 2 rings (SSSR count). The molecule has 0 radical (unpaired) electrons. The fraction of sp³-hybridized carbons (Fsp3) is 0.400. The smallest absolute Gasteiger partial charge is 0.333 e. The molecule has 0 N–H and O–H groups in total.